The molecule has 2 amide bonds. The van der Waals surface area contributed by atoms with Crippen molar-refractivity contribution in [2.24, 2.45) is 0 Å². The minimum atomic E-state index is -3.95. The number of amides is 2. The van der Waals surface area contributed by atoms with Crippen LogP contribution in [-0.2, 0) is 19.6 Å². The summed E-state index contributed by atoms with van der Waals surface area (Å²) >= 11 is 0. The Labute approximate surface area is 172 Å². The lowest BCUT2D eigenvalue weighted by molar-refractivity contribution is -0.117. The van der Waals surface area contributed by atoms with Crippen molar-refractivity contribution in [2.75, 3.05) is 10.6 Å². The van der Waals surface area contributed by atoms with E-state index in [1.165, 1.54) is 50.2 Å². The summed E-state index contributed by atoms with van der Waals surface area (Å²) in [5.41, 5.74) is 0.774. The molecule has 0 saturated heterocycles. The standard InChI is InChI=1S/C20H19N3O6S/c1-12(23-30(27,28)17-7-4-15(5-8-17)21-13(2)24)20(26)22-16-6-9-18-14(11-16)3-10-19(25)29-18/h3-12,23H,1-2H3,(H,21,24)(H,22,26)/t12-/m0/s1. The van der Waals surface area contributed by atoms with E-state index in [2.05, 4.69) is 15.4 Å². The van der Waals surface area contributed by atoms with Gasteiger partial charge in [0, 0.05) is 29.8 Å². The van der Waals surface area contributed by atoms with Crippen LogP contribution in [0.15, 0.2) is 68.7 Å². The molecule has 30 heavy (non-hydrogen) atoms. The Morgan fingerprint density at radius 1 is 0.933 bits per heavy atom. The van der Waals surface area contributed by atoms with Crippen LogP contribution in [0.5, 0.6) is 0 Å². The largest absolute Gasteiger partial charge is 0.423 e. The van der Waals surface area contributed by atoms with E-state index in [9.17, 15) is 22.8 Å². The summed E-state index contributed by atoms with van der Waals surface area (Å²) in [6.45, 7) is 2.76. The molecule has 1 heterocycles. The number of anilines is 2. The smallest absolute Gasteiger partial charge is 0.336 e. The van der Waals surface area contributed by atoms with Gasteiger partial charge >= 0.3 is 5.63 Å². The van der Waals surface area contributed by atoms with Crippen molar-refractivity contribution in [1.29, 1.82) is 0 Å². The molecule has 0 aliphatic heterocycles. The van der Waals surface area contributed by atoms with Crippen molar-refractivity contribution >= 4 is 44.2 Å². The van der Waals surface area contributed by atoms with Crippen LogP contribution in [0.2, 0.25) is 0 Å². The highest BCUT2D eigenvalue weighted by atomic mass is 32.2. The number of sulfonamides is 1. The minimum absolute atomic E-state index is 0.0445. The molecule has 0 fully saturated rings. The quantitative estimate of drug-likeness (QED) is 0.514. The lowest BCUT2D eigenvalue weighted by Crippen LogP contribution is -2.41. The Morgan fingerprint density at radius 2 is 1.60 bits per heavy atom. The van der Waals surface area contributed by atoms with E-state index in [0.29, 0.717) is 22.3 Å². The summed E-state index contributed by atoms with van der Waals surface area (Å²) in [4.78, 5) is 34.7. The molecule has 3 N–H and O–H groups in total. The van der Waals surface area contributed by atoms with Gasteiger partial charge in [-0.2, -0.15) is 4.72 Å². The molecule has 3 rings (SSSR count). The molecule has 0 radical (unpaired) electrons. The SMILES string of the molecule is CC(=O)Nc1ccc(S(=O)(=O)N[C@@H](C)C(=O)Nc2ccc3oc(=O)ccc3c2)cc1. The van der Waals surface area contributed by atoms with Crippen molar-refractivity contribution in [1.82, 2.24) is 4.72 Å². The van der Waals surface area contributed by atoms with Crippen LogP contribution in [0.25, 0.3) is 11.0 Å². The highest BCUT2D eigenvalue weighted by molar-refractivity contribution is 7.89. The van der Waals surface area contributed by atoms with Gasteiger partial charge in [-0.15, -0.1) is 0 Å². The van der Waals surface area contributed by atoms with Gasteiger partial charge in [0.1, 0.15) is 5.58 Å². The van der Waals surface area contributed by atoms with E-state index < -0.39 is 27.6 Å². The number of carbonyl (C=O) groups excluding carboxylic acids is 2. The maximum atomic E-state index is 12.5. The summed E-state index contributed by atoms with van der Waals surface area (Å²) < 4.78 is 32.4. The summed E-state index contributed by atoms with van der Waals surface area (Å²) in [5.74, 6) is -0.838. The van der Waals surface area contributed by atoms with Gasteiger partial charge in [-0.3, -0.25) is 9.59 Å². The topological polar surface area (TPSA) is 135 Å². The van der Waals surface area contributed by atoms with Crippen molar-refractivity contribution < 1.29 is 22.4 Å². The van der Waals surface area contributed by atoms with Gasteiger partial charge in [-0.05, 0) is 55.5 Å². The zero-order valence-electron chi connectivity index (χ0n) is 16.1. The van der Waals surface area contributed by atoms with E-state index in [-0.39, 0.29) is 10.8 Å². The maximum absolute atomic E-state index is 12.5. The third kappa shape index (κ3) is 5.10. The number of benzene rings is 2. The molecule has 0 aliphatic rings. The molecule has 9 nitrogen and oxygen atoms in total. The second-order valence-corrected chi connectivity index (χ2v) is 8.26. The number of fused-ring (bicyclic) bond motifs is 1. The summed E-state index contributed by atoms with van der Waals surface area (Å²) in [6.07, 6.45) is 0. The molecule has 10 heteroatoms. The first-order valence-electron chi connectivity index (χ1n) is 8.89. The first-order valence-corrected chi connectivity index (χ1v) is 10.4. The van der Waals surface area contributed by atoms with E-state index >= 15 is 0 Å². The minimum Gasteiger partial charge on any atom is -0.423 e. The summed E-state index contributed by atoms with van der Waals surface area (Å²) in [5, 5.41) is 5.77. The number of nitrogens with one attached hydrogen (secondary N) is 3. The van der Waals surface area contributed by atoms with Crippen molar-refractivity contribution in [3.63, 3.8) is 0 Å². The van der Waals surface area contributed by atoms with E-state index in [1.54, 1.807) is 18.2 Å². The third-order valence-electron chi connectivity index (χ3n) is 4.10. The molecule has 0 unspecified atom stereocenters. The molecule has 0 aliphatic carbocycles. The molecule has 3 aromatic rings. The Morgan fingerprint density at radius 3 is 2.27 bits per heavy atom. The first kappa shape index (κ1) is 21.2. The van der Waals surface area contributed by atoms with Crippen LogP contribution in [0.3, 0.4) is 0 Å². The van der Waals surface area contributed by atoms with Gasteiger partial charge < -0.3 is 15.1 Å². The number of carbonyl (C=O) groups is 2. The van der Waals surface area contributed by atoms with Gasteiger partial charge in [0.05, 0.1) is 10.9 Å². The van der Waals surface area contributed by atoms with E-state index in [0.717, 1.165) is 0 Å². The Bertz CT molecular complexity index is 1270. The van der Waals surface area contributed by atoms with Gasteiger partial charge in [0.25, 0.3) is 0 Å². The lowest BCUT2D eigenvalue weighted by atomic mass is 10.2. The fraction of sp³-hybridized carbons (Fsp3) is 0.150. The van der Waals surface area contributed by atoms with Crippen LogP contribution < -0.4 is 21.0 Å². The normalized spacial score (nSPS) is 12.3. The molecule has 156 valence electrons. The molecule has 0 saturated carbocycles. The highest BCUT2D eigenvalue weighted by Gasteiger charge is 2.22. The van der Waals surface area contributed by atoms with E-state index in [4.69, 9.17) is 4.42 Å². The molecular formula is C20H19N3O6S. The molecular weight excluding hydrogens is 410 g/mol. The Hall–Kier alpha value is -3.50. The fourth-order valence-electron chi connectivity index (χ4n) is 2.68. The first-order chi connectivity index (χ1) is 14.1. The zero-order valence-corrected chi connectivity index (χ0v) is 16.9. The number of hydrogen-bond donors (Lipinski definition) is 3. The van der Waals surface area contributed by atoms with Crippen LogP contribution in [0, 0.1) is 0 Å². The predicted octanol–water partition coefficient (Wildman–Crippen LogP) is 2.06. The predicted molar refractivity (Wildman–Crippen MR) is 112 cm³/mol. The van der Waals surface area contributed by atoms with Gasteiger partial charge in [0.15, 0.2) is 0 Å². The van der Waals surface area contributed by atoms with E-state index in [1.807, 2.05) is 0 Å². The second kappa shape index (κ2) is 8.47. The molecule has 2 aromatic carbocycles. The van der Waals surface area contributed by atoms with Crippen LogP contribution in [-0.4, -0.2) is 26.3 Å². The zero-order chi connectivity index (χ0) is 21.9. The number of rotatable bonds is 6. The third-order valence-corrected chi connectivity index (χ3v) is 5.65. The monoisotopic (exact) mass is 429 g/mol. The number of hydrogen-bond acceptors (Lipinski definition) is 6. The Kier molecular flexibility index (Phi) is 5.99. The summed E-state index contributed by atoms with van der Waals surface area (Å²) in [6, 6.07) is 12.0. The van der Waals surface area contributed by atoms with Crippen molar-refractivity contribution in [3.8, 4) is 0 Å². The average molecular weight is 429 g/mol. The van der Waals surface area contributed by atoms with Crippen molar-refractivity contribution in [3.05, 3.63) is 65.0 Å². The van der Waals surface area contributed by atoms with Crippen molar-refractivity contribution in [2.45, 2.75) is 24.8 Å². The maximum Gasteiger partial charge on any atom is 0.336 e. The second-order valence-electron chi connectivity index (χ2n) is 6.54. The molecule has 1 atom stereocenters. The Balaban J connectivity index is 1.69. The highest BCUT2D eigenvalue weighted by Crippen LogP contribution is 2.18. The molecule has 0 spiro atoms. The molecule has 0 bridgehead atoms. The van der Waals surface area contributed by atoms with Crippen LogP contribution in [0.1, 0.15) is 13.8 Å². The van der Waals surface area contributed by atoms with Gasteiger partial charge in [-0.1, -0.05) is 0 Å². The van der Waals surface area contributed by atoms with Gasteiger partial charge in [-0.25, -0.2) is 13.2 Å². The molecule has 1 aromatic heterocycles. The average Bonchev–Trinajstić information content (AvgIpc) is 2.67. The lowest BCUT2D eigenvalue weighted by Gasteiger charge is -2.15. The van der Waals surface area contributed by atoms with Crippen LogP contribution in [0.4, 0.5) is 11.4 Å². The summed E-state index contributed by atoms with van der Waals surface area (Å²) in [7, 11) is -3.95. The van der Waals surface area contributed by atoms with Gasteiger partial charge in [0.2, 0.25) is 21.8 Å². The fourth-order valence-corrected chi connectivity index (χ4v) is 3.88. The van der Waals surface area contributed by atoms with Crippen LogP contribution >= 0.6 is 0 Å².